The van der Waals surface area contributed by atoms with Gasteiger partial charge in [0, 0.05) is 6.42 Å². The highest BCUT2D eigenvalue weighted by atomic mass is 32.2. The number of rotatable bonds is 5. The lowest BCUT2D eigenvalue weighted by Gasteiger charge is -2.03. The fourth-order valence-electron chi connectivity index (χ4n) is 1.29. The zero-order valence-corrected chi connectivity index (χ0v) is 9.76. The Labute approximate surface area is 94.2 Å². The van der Waals surface area contributed by atoms with Crippen molar-refractivity contribution >= 4 is 15.6 Å². The van der Waals surface area contributed by atoms with E-state index in [0.717, 1.165) is 6.07 Å². The summed E-state index contributed by atoms with van der Waals surface area (Å²) in [6, 6.07) is 4.89. The van der Waals surface area contributed by atoms with E-state index in [-0.39, 0.29) is 29.3 Å². The molecule has 16 heavy (non-hydrogen) atoms. The molecular weight excluding hydrogens is 231 g/mol. The maximum atomic E-state index is 12.8. The molecule has 0 aliphatic heterocycles. The van der Waals surface area contributed by atoms with Crippen LogP contribution >= 0.6 is 0 Å². The standard InChI is InChI=1S/C11H13FO3S/c1-9(13)4-3-7-16(14,15)11-6-2-5-10(12)8-11/h2,5-6,8H,3-4,7H2,1H3. The molecule has 0 aliphatic carbocycles. The zero-order chi connectivity index (χ0) is 12.2. The van der Waals surface area contributed by atoms with E-state index in [4.69, 9.17) is 0 Å². The summed E-state index contributed by atoms with van der Waals surface area (Å²) < 4.78 is 36.2. The van der Waals surface area contributed by atoms with Crippen LogP contribution < -0.4 is 0 Å². The Hall–Kier alpha value is -1.23. The number of ketones is 1. The third kappa shape index (κ3) is 3.73. The van der Waals surface area contributed by atoms with Gasteiger partial charge < -0.3 is 4.79 Å². The van der Waals surface area contributed by atoms with Gasteiger partial charge in [0.05, 0.1) is 10.6 Å². The highest BCUT2D eigenvalue weighted by molar-refractivity contribution is 7.91. The lowest BCUT2D eigenvalue weighted by Crippen LogP contribution is -2.08. The molecule has 1 aromatic rings. The summed E-state index contributed by atoms with van der Waals surface area (Å²) in [4.78, 5) is 10.6. The molecule has 0 amide bonds. The highest BCUT2D eigenvalue weighted by Gasteiger charge is 2.14. The van der Waals surface area contributed by atoms with Gasteiger partial charge in [-0.25, -0.2) is 12.8 Å². The quantitative estimate of drug-likeness (QED) is 0.795. The van der Waals surface area contributed by atoms with Gasteiger partial charge in [0.15, 0.2) is 9.84 Å². The van der Waals surface area contributed by atoms with Crippen molar-refractivity contribution in [3.8, 4) is 0 Å². The van der Waals surface area contributed by atoms with Crippen LogP contribution in [0.15, 0.2) is 29.2 Å². The van der Waals surface area contributed by atoms with Crippen molar-refractivity contribution in [2.75, 3.05) is 5.75 Å². The van der Waals surface area contributed by atoms with E-state index in [1.807, 2.05) is 0 Å². The molecule has 88 valence electrons. The van der Waals surface area contributed by atoms with Crippen molar-refractivity contribution in [3.63, 3.8) is 0 Å². The molecule has 3 nitrogen and oxygen atoms in total. The lowest BCUT2D eigenvalue weighted by molar-refractivity contribution is -0.117. The van der Waals surface area contributed by atoms with Crippen molar-refractivity contribution in [2.45, 2.75) is 24.7 Å². The van der Waals surface area contributed by atoms with E-state index < -0.39 is 15.7 Å². The van der Waals surface area contributed by atoms with Crippen LogP contribution in [0.2, 0.25) is 0 Å². The number of Topliss-reactive ketones (excluding diaryl/α,β-unsaturated/α-hetero) is 1. The number of hydrogen-bond acceptors (Lipinski definition) is 3. The van der Waals surface area contributed by atoms with Crippen LogP contribution in [0.1, 0.15) is 19.8 Å². The average molecular weight is 244 g/mol. The van der Waals surface area contributed by atoms with Gasteiger partial charge in [-0.2, -0.15) is 0 Å². The number of carbonyl (C=O) groups excluding carboxylic acids is 1. The van der Waals surface area contributed by atoms with E-state index in [1.165, 1.54) is 25.1 Å². The molecule has 0 radical (unpaired) electrons. The molecule has 0 heterocycles. The van der Waals surface area contributed by atoms with Gasteiger partial charge in [-0.05, 0) is 31.5 Å². The van der Waals surface area contributed by atoms with Crippen LogP contribution in [0.25, 0.3) is 0 Å². The lowest BCUT2D eigenvalue weighted by atomic mass is 10.3. The topological polar surface area (TPSA) is 51.2 Å². The van der Waals surface area contributed by atoms with Crippen LogP contribution in [0.4, 0.5) is 4.39 Å². The Bertz CT molecular complexity index is 480. The number of halogens is 1. The zero-order valence-electron chi connectivity index (χ0n) is 8.94. The van der Waals surface area contributed by atoms with Gasteiger partial charge in [0.1, 0.15) is 11.6 Å². The predicted molar refractivity (Wildman–Crippen MR) is 58.4 cm³/mol. The maximum Gasteiger partial charge on any atom is 0.178 e. The second-order valence-electron chi connectivity index (χ2n) is 3.58. The molecule has 1 aromatic carbocycles. The van der Waals surface area contributed by atoms with Gasteiger partial charge in [-0.15, -0.1) is 0 Å². The highest BCUT2D eigenvalue weighted by Crippen LogP contribution is 2.13. The van der Waals surface area contributed by atoms with Gasteiger partial charge in [-0.1, -0.05) is 6.07 Å². The second kappa shape index (κ2) is 5.21. The van der Waals surface area contributed by atoms with Gasteiger partial charge >= 0.3 is 0 Å². The summed E-state index contributed by atoms with van der Waals surface area (Å²) in [5.74, 6) is -0.752. The third-order valence-corrected chi connectivity index (χ3v) is 3.90. The second-order valence-corrected chi connectivity index (χ2v) is 5.69. The number of benzene rings is 1. The molecule has 0 N–H and O–H groups in total. The summed E-state index contributed by atoms with van der Waals surface area (Å²) in [7, 11) is -3.47. The first-order chi connectivity index (χ1) is 7.42. The minimum atomic E-state index is -3.47. The molecule has 5 heteroatoms. The SMILES string of the molecule is CC(=O)CCCS(=O)(=O)c1cccc(F)c1. The van der Waals surface area contributed by atoms with E-state index >= 15 is 0 Å². The molecule has 1 rings (SSSR count). The minimum Gasteiger partial charge on any atom is -0.300 e. The molecule has 0 saturated carbocycles. The molecule has 0 spiro atoms. The smallest absolute Gasteiger partial charge is 0.178 e. The number of sulfone groups is 1. The van der Waals surface area contributed by atoms with Gasteiger partial charge in [0.25, 0.3) is 0 Å². The van der Waals surface area contributed by atoms with E-state index in [0.29, 0.717) is 0 Å². The summed E-state index contributed by atoms with van der Waals surface area (Å²) in [6.07, 6.45) is 0.503. The summed E-state index contributed by atoms with van der Waals surface area (Å²) >= 11 is 0. The Morgan fingerprint density at radius 1 is 1.38 bits per heavy atom. The first-order valence-electron chi connectivity index (χ1n) is 4.89. The van der Waals surface area contributed by atoms with Gasteiger partial charge in [0.2, 0.25) is 0 Å². The Balaban J connectivity index is 2.74. The maximum absolute atomic E-state index is 12.8. The normalized spacial score (nSPS) is 11.4. The molecule has 0 aliphatic rings. The van der Waals surface area contributed by atoms with Crippen molar-refractivity contribution in [2.24, 2.45) is 0 Å². The van der Waals surface area contributed by atoms with Crippen molar-refractivity contribution in [1.29, 1.82) is 0 Å². The molecule has 0 saturated heterocycles. The van der Waals surface area contributed by atoms with Crippen LogP contribution in [0.5, 0.6) is 0 Å². The molecule has 0 fully saturated rings. The first kappa shape index (κ1) is 12.8. The molecular formula is C11H13FO3S. The summed E-state index contributed by atoms with van der Waals surface area (Å²) in [5.41, 5.74) is 0. The fourth-order valence-corrected chi connectivity index (χ4v) is 2.63. The van der Waals surface area contributed by atoms with Crippen LogP contribution in [0, 0.1) is 5.82 Å². The molecule has 0 atom stereocenters. The Morgan fingerprint density at radius 2 is 2.06 bits per heavy atom. The van der Waals surface area contributed by atoms with Crippen molar-refractivity contribution < 1.29 is 17.6 Å². The van der Waals surface area contributed by atoms with Crippen molar-refractivity contribution in [1.82, 2.24) is 0 Å². The molecule has 0 bridgehead atoms. The fraction of sp³-hybridized carbons (Fsp3) is 0.364. The number of carbonyl (C=O) groups is 1. The monoisotopic (exact) mass is 244 g/mol. The van der Waals surface area contributed by atoms with E-state index in [1.54, 1.807) is 0 Å². The molecule has 0 aromatic heterocycles. The van der Waals surface area contributed by atoms with E-state index in [2.05, 4.69) is 0 Å². The predicted octanol–water partition coefficient (Wildman–Crippen LogP) is 1.97. The minimum absolute atomic E-state index is 0.0314. The van der Waals surface area contributed by atoms with Crippen LogP contribution in [0.3, 0.4) is 0 Å². The van der Waals surface area contributed by atoms with E-state index in [9.17, 15) is 17.6 Å². The van der Waals surface area contributed by atoms with Gasteiger partial charge in [-0.3, -0.25) is 0 Å². The Morgan fingerprint density at radius 3 is 2.62 bits per heavy atom. The molecule has 0 unspecified atom stereocenters. The van der Waals surface area contributed by atoms with Crippen LogP contribution in [-0.2, 0) is 14.6 Å². The largest absolute Gasteiger partial charge is 0.300 e. The first-order valence-corrected chi connectivity index (χ1v) is 6.55. The van der Waals surface area contributed by atoms with Crippen LogP contribution in [-0.4, -0.2) is 20.0 Å². The average Bonchev–Trinajstić information content (AvgIpc) is 2.16. The third-order valence-electron chi connectivity index (χ3n) is 2.10. The Kier molecular flexibility index (Phi) is 4.18. The van der Waals surface area contributed by atoms with Crippen molar-refractivity contribution in [3.05, 3.63) is 30.1 Å². The summed E-state index contributed by atoms with van der Waals surface area (Å²) in [6.45, 7) is 1.41. The summed E-state index contributed by atoms with van der Waals surface area (Å²) in [5, 5.41) is 0. The number of hydrogen-bond donors (Lipinski definition) is 0.